The standard InChI is InChI=1S/C15H20F3N3/c1-10(2)9-21-13-6-5-11(15(16,17)18)8-12(13)20-14(21)4-3-7-19/h5-6,8,10H,3-4,7,9,19H2,1-2H3. The van der Waals surface area contributed by atoms with Crippen molar-refractivity contribution >= 4 is 11.0 Å². The Morgan fingerprint density at radius 3 is 2.57 bits per heavy atom. The number of rotatable bonds is 5. The van der Waals surface area contributed by atoms with Crippen molar-refractivity contribution < 1.29 is 13.2 Å². The third-order valence-electron chi connectivity index (χ3n) is 3.31. The summed E-state index contributed by atoms with van der Waals surface area (Å²) in [5.74, 6) is 1.20. The van der Waals surface area contributed by atoms with E-state index in [1.807, 2.05) is 4.57 Å². The van der Waals surface area contributed by atoms with Crippen molar-refractivity contribution in [3.05, 3.63) is 29.6 Å². The fraction of sp³-hybridized carbons (Fsp3) is 0.533. The third-order valence-corrected chi connectivity index (χ3v) is 3.31. The molecule has 1 aromatic heterocycles. The van der Waals surface area contributed by atoms with Crippen LogP contribution in [0.4, 0.5) is 13.2 Å². The van der Waals surface area contributed by atoms with Gasteiger partial charge in [-0.25, -0.2) is 4.98 Å². The lowest BCUT2D eigenvalue weighted by Crippen LogP contribution is -2.10. The fourth-order valence-corrected chi connectivity index (χ4v) is 2.38. The van der Waals surface area contributed by atoms with Crippen molar-refractivity contribution in [2.45, 2.75) is 39.4 Å². The number of nitrogens with zero attached hydrogens (tertiary/aromatic N) is 2. The Morgan fingerprint density at radius 2 is 2.00 bits per heavy atom. The zero-order valence-corrected chi connectivity index (χ0v) is 12.2. The van der Waals surface area contributed by atoms with Crippen LogP contribution in [0.2, 0.25) is 0 Å². The highest BCUT2D eigenvalue weighted by molar-refractivity contribution is 5.77. The van der Waals surface area contributed by atoms with E-state index in [-0.39, 0.29) is 0 Å². The molecule has 116 valence electrons. The smallest absolute Gasteiger partial charge is 0.330 e. The Hall–Kier alpha value is -1.56. The SMILES string of the molecule is CC(C)Cn1c(CCCN)nc2cc(C(F)(F)F)ccc21. The van der Waals surface area contributed by atoms with Gasteiger partial charge < -0.3 is 10.3 Å². The van der Waals surface area contributed by atoms with Crippen molar-refractivity contribution in [3.8, 4) is 0 Å². The molecule has 1 aromatic carbocycles. The zero-order valence-electron chi connectivity index (χ0n) is 12.2. The van der Waals surface area contributed by atoms with Gasteiger partial charge in [-0.15, -0.1) is 0 Å². The predicted octanol–water partition coefficient (Wildman–Crippen LogP) is 3.60. The molecule has 0 fully saturated rings. The number of hydrogen-bond donors (Lipinski definition) is 1. The van der Waals surface area contributed by atoms with Crippen LogP contribution in [0.3, 0.4) is 0 Å². The summed E-state index contributed by atoms with van der Waals surface area (Å²) in [6.07, 6.45) is -2.89. The van der Waals surface area contributed by atoms with E-state index >= 15 is 0 Å². The molecule has 6 heteroatoms. The highest BCUT2D eigenvalue weighted by Crippen LogP contribution is 2.31. The second-order valence-electron chi connectivity index (χ2n) is 5.63. The zero-order chi connectivity index (χ0) is 15.6. The van der Waals surface area contributed by atoms with Gasteiger partial charge in [0.2, 0.25) is 0 Å². The molecule has 0 bridgehead atoms. The molecule has 0 amide bonds. The van der Waals surface area contributed by atoms with Crippen molar-refractivity contribution in [2.75, 3.05) is 6.54 Å². The number of fused-ring (bicyclic) bond motifs is 1. The molecule has 0 aliphatic rings. The minimum absolute atomic E-state index is 0.390. The van der Waals surface area contributed by atoms with Gasteiger partial charge in [0.25, 0.3) is 0 Å². The average Bonchev–Trinajstić information content (AvgIpc) is 2.72. The molecular weight excluding hydrogens is 279 g/mol. The molecular formula is C15H20F3N3. The lowest BCUT2D eigenvalue weighted by Gasteiger charge is -2.12. The summed E-state index contributed by atoms with van der Waals surface area (Å²) < 4.78 is 40.4. The second-order valence-corrected chi connectivity index (χ2v) is 5.63. The quantitative estimate of drug-likeness (QED) is 0.916. The molecule has 0 saturated heterocycles. The van der Waals surface area contributed by atoms with Gasteiger partial charge in [0.05, 0.1) is 16.6 Å². The molecule has 0 radical (unpaired) electrons. The summed E-state index contributed by atoms with van der Waals surface area (Å²) in [7, 11) is 0. The molecule has 2 rings (SSSR count). The first-order valence-corrected chi connectivity index (χ1v) is 7.09. The first-order chi connectivity index (χ1) is 9.82. The van der Waals surface area contributed by atoms with E-state index in [1.54, 1.807) is 0 Å². The molecule has 0 aliphatic carbocycles. The van der Waals surface area contributed by atoms with Crippen LogP contribution in [0.5, 0.6) is 0 Å². The molecule has 0 aliphatic heterocycles. The predicted molar refractivity (Wildman–Crippen MR) is 76.9 cm³/mol. The van der Waals surface area contributed by atoms with Crippen molar-refractivity contribution in [2.24, 2.45) is 11.7 Å². The van der Waals surface area contributed by atoms with Crippen molar-refractivity contribution in [1.29, 1.82) is 0 Å². The second kappa shape index (κ2) is 6.05. The Bertz CT molecular complexity index is 614. The minimum Gasteiger partial charge on any atom is -0.330 e. The number of aryl methyl sites for hydroxylation is 1. The Balaban J connectivity index is 2.50. The van der Waals surface area contributed by atoms with E-state index in [0.29, 0.717) is 24.4 Å². The van der Waals surface area contributed by atoms with Gasteiger partial charge in [0.1, 0.15) is 5.82 Å². The number of aromatic nitrogens is 2. The van der Waals surface area contributed by atoms with Crippen LogP contribution in [-0.2, 0) is 19.1 Å². The van der Waals surface area contributed by atoms with Gasteiger partial charge in [-0.05, 0) is 37.1 Å². The van der Waals surface area contributed by atoms with Crippen LogP contribution in [0.1, 0.15) is 31.7 Å². The van der Waals surface area contributed by atoms with E-state index in [9.17, 15) is 13.2 Å². The van der Waals surface area contributed by atoms with E-state index < -0.39 is 11.7 Å². The number of halogens is 3. The maximum atomic E-state index is 12.8. The first kappa shape index (κ1) is 15.8. The van der Waals surface area contributed by atoms with Crippen LogP contribution in [-0.4, -0.2) is 16.1 Å². The normalized spacial score (nSPS) is 12.5. The number of nitrogens with two attached hydrogens (primary N) is 1. The largest absolute Gasteiger partial charge is 0.416 e. The number of alkyl halides is 3. The van der Waals surface area contributed by atoms with Gasteiger partial charge in [-0.2, -0.15) is 13.2 Å². The lowest BCUT2D eigenvalue weighted by molar-refractivity contribution is -0.137. The van der Waals surface area contributed by atoms with Crippen LogP contribution < -0.4 is 5.73 Å². The van der Waals surface area contributed by atoms with Crippen LogP contribution in [0.25, 0.3) is 11.0 Å². The summed E-state index contributed by atoms with van der Waals surface area (Å²) in [6, 6.07) is 3.76. The van der Waals surface area contributed by atoms with Crippen LogP contribution >= 0.6 is 0 Å². The number of imidazole rings is 1. The minimum atomic E-state index is -4.34. The van der Waals surface area contributed by atoms with Crippen LogP contribution in [0.15, 0.2) is 18.2 Å². The Morgan fingerprint density at radius 1 is 1.29 bits per heavy atom. The molecule has 2 N–H and O–H groups in total. The molecule has 0 saturated carbocycles. The summed E-state index contributed by atoms with van der Waals surface area (Å²) in [6.45, 7) is 5.42. The monoisotopic (exact) mass is 299 g/mol. The molecule has 1 heterocycles. The topological polar surface area (TPSA) is 43.8 Å². The molecule has 21 heavy (non-hydrogen) atoms. The number of benzene rings is 1. The average molecular weight is 299 g/mol. The van der Waals surface area contributed by atoms with Gasteiger partial charge in [0.15, 0.2) is 0 Å². The van der Waals surface area contributed by atoms with Gasteiger partial charge >= 0.3 is 6.18 Å². The Kier molecular flexibility index (Phi) is 4.56. The van der Waals surface area contributed by atoms with E-state index in [0.717, 1.165) is 36.4 Å². The van der Waals surface area contributed by atoms with Crippen LogP contribution in [0, 0.1) is 5.92 Å². The van der Waals surface area contributed by atoms with Gasteiger partial charge in [0, 0.05) is 13.0 Å². The van der Waals surface area contributed by atoms with E-state index in [2.05, 4.69) is 18.8 Å². The van der Waals surface area contributed by atoms with Crippen molar-refractivity contribution in [3.63, 3.8) is 0 Å². The molecule has 2 aromatic rings. The van der Waals surface area contributed by atoms with E-state index in [4.69, 9.17) is 5.73 Å². The first-order valence-electron chi connectivity index (χ1n) is 7.09. The highest BCUT2D eigenvalue weighted by Gasteiger charge is 2.31. The Labute approximate surface area is 122 Å². The lowest BCUT2D eigenvalue weighted by atomic mass is 10.2. The molecule has 0 spiro atoms. The maximum absolute atomic E-state index is 12.8. The molecule has 0 atom stereocenters. The van der Waals surface area contributed by atoms with E-state index in [1.165, 1.54) is 6.07 Å². The fourth-order valence-electron chi connectivity index (χ4n) is 2.38. The summed E-state index contributed by atoms with van der Waals surface area (Å²) in [4.78, 5) is 4.38. The van der Waals surface area contributed by atoms with Gasteiger partial charge in [-0.3, -0.25) is 0 Å². The summed E-state index contributed by atoms with van der Waals surface area (Å²) in [5.41, 5.74) is 6.01. The molecule has 3 nitrogen and oxygen atoms in total. The molecule has 0 unspecified atom stereocenters. The summed E-state index contributed by atoms with van der Waals surface area (Å²) in [5, 5.41) is 0. The maximum Gasteiger partial charge on any atom is 0.416 e. The third kappa shape index (κ3) is 3.56. The van der Waals surface area contributed by atoms with Crippen molar-refractivity contribution in [1.82, 2.24) is 9.55 Å². The summed E-state index contributed by atoms with van der Waals surface area (Å²) >= 11 is 0. The number of hydrogen-bond acceptors (Lipinski definition) is 2. The van der Waals surface area contributed by atoms with Gasteiger partial charge in [-0.1, -0.05) is 13.8 Å². The highest BCUT2D eigenvalue weighted by atomic mass is 19.4.